The molecule has 0 saturated carbocycles. The quantitative estimate of drug-likeness (QED) is 0.109. The number of nitrogens with zero attached hydrogens (tertiary/aromatic N) is 4. The Hall–Kier alpha value is -5.06. The Labute approximate surface area is 313 Å². The van der Waals surface area contributed by atoms with Crippen LogP contribution < -0.4 is 9.47 Å². The molecule has 10 heteroatoms. The van der Waals surface area contributed by atoms with Gasteiger partial charge in [0.15, 0.2) is 11.5 Å². The largest absolute Gasteiger partial charge is 0.415 e. The van der Waals surface area contributed by atoms with Crippen LogP contribution >= 0.6 is 23.5 Å². The molecular weight excluding hydrogens is 689 g/mol. The van der Waals surface area contributed by atoms with Crippen LogP contribution in [0.3, 0.4) is 0 Å². The summed E-state index contributed by atoms with van der Waals surface area (Å²) in [7, 11) is 0. The van der Waals surface area contributed by atoms with Gasteiger partial charge in [0.2, 0.25) is 0 Å². The number of rotatable bonds is 13. The third-order valence-corrected chi connectivity index (χ3v) is 11.0. The number of fused-ring (bicyclic) bond motifs is 2. The summed E-state index contributed by atoms with van der Waals surface area (Å²) in [5, 5.41) is 1.70. The van der Waals surface area contributed by atoms with Gasteiger partial charge in [0.25, 0.3) is 0 Å². The molecule has 52 heavy (non-hydrogen) atoms. The molecule has 2 heterocycles. The lowest BCUT2D eigenvalue weighted by atomic mass is 9.96. The average Bonchev–Trinajstić information content (AvgIpc) is 3.18. The zero-order valence-electron chi connectivity index (χ0n) is 29.9. The molecule has 4 aromatic carbocycles. The number of hydrogen-bond donors (Lipinski definition) is 0. The van der Waals surface area contributed by atoms with Gasteiger partial charge in [0.05, 0.1) is 32.0 Å². The molecule has 6 aromatic rings. The molecule has 0 aliphatic rings. The molecule has 2 aromatic heterocycles. The van der Waals surface area contributed by atoms with Crippen molar-refractivity contribution in [2.24, 2.45) is 0 Å². The van der Waals surface area contributed by atoms with Gasteiger partial charge in [-0.1, -0.05) is 72.8 Å². The number of carbonyl (C=O) groups excluding carboxylic acids is 2. The van der Waals surface area contributed by atoms with Gasteiger partial charge in [-0.25, -0.2) is 9.59 Å². The summed E-state index contributed by atoms with van der Waals surface area (Å²) >= 11 is 3.15. The van der Waals surface area contributed by atoms with E-state index in [1.165, 1.54) is 0 Å². The normalized spacial score (nSPS) is 11.1. The molecule has 0 spiro atoms. The number of ether oxygens (including phenoxy) is 2. The second-order valence-electron chi connectivity index (χ2n) is 11.9. The summed E-state index contributed by atoms with van der Waals surface area (Å²) in [5.41, 5.74) is 4.55. The SMILES string of the molecule is CCN(CC)C(=O)Oc1c(SCc2ccccc2)cc2cccnc2c1-c1c(OC(=O)N(CC)CC)c(SCc2ccccc2)cc2cccnc12. The minimum absolute atomic E-state index is 0.348. The van der Waals surface area contributed by atoms with Gasteiger partial charge in [0, 0.05) is 60.9 Å². The van der Waals surface area contributed by atoms with Crippen LogP contribution in [0, 0.1) is 0 Å². The predicted molar refractivity (Wildman–Crippen MR) is 212 cm³/mol. The van der Waals surface area contributed by atoms with E-state index in [0.717, 1.165) is 31.7 Å². The number of hydrogen-bond acceptors (Lipinski definition) is 8. The van der Waals surface area contributed by atoms with E-state index in [1.54, 1.807) is 45.7 Å². The summed E-state index contributed by atoms with van der Waals surface area (Å²) in [6.45, 7) is 9.61. The van der Waals surface area contributed by atoms with Gasteiger partial charge in [-0.2, -0.15) is 0 Å². The Balaban J connectivity index is 1.67. The van der Waals surface area contributed by atoms with Gasteiger partial charge in [-0.3, -0.25) is 9.97 Å². The second-order valence-corrected chi connectivity index (χ2v) is 14.0. The molecule has 0 aliphatic heterocycles. The van der Waals surface area contributed by atoms with E-state index in [0.29, 0.717) is 71.3 Å². The van der Waals surface area contributed by atoms with Gasteiger partial charge in [-0.05, 0) is 63.1 Å². The predicted octanol–water partition coefficient (Wildman–Crippen LogP) is 10.7. The van der Waals surface area contributed by atoms with Crippen molar-refractivity contribution >= 4 is 57.5 Å². The first kappa shape index (κ1) is 36.7. The van der Waals surface area contributed by atoms with Crippen LogP contribution in [-0.4, -0.2) is 58.1 Å². The third kappa shape index (κ3) is 8.19. The Morgan fingerprint density at radius 3 is 1.31 bits per heavy atom. The highest BCUT2D eigenvalue weighted by atomic mass is 32.2. The Kier molecular flexibility index (Phi) is 12.3. The molecule has 2 amide bonds. The van der Waals surface area contributed by atoms with Crippen LogP contribution in [0.4, 0.5) is 9.59 Å². The summed E-state index contributed by atoms with van der Waals surface area (Å²) in [6.07, 6.45) is 2.50. The monoisotopic (exact) mass is 730 g/mol. The number of benzene rings is 4. The molecule has 0 N–H and O–H groups in total. The zero-order valence-corrected chi connectivity index (χ0v) is 31.5. The lowest BCUT2D eigenvalue weighted by Crippen LogP contribution is -2.33. The maximum absolute atomic E-state index is 13.9. The van der Waals surface area contributed by atoms with Crippen LogP contribution in [0.1, 0.15) is 38.8 Å². The summed E-state index contributed by atoms with van der Waals surface area (Å²) in [5.74, 6) is 1.97. The van der Waals surface area contributed by atoms with Crippen LogP contribution in [0.15, 0.2) is 119 Å². The van der Waals surface area contributed by atoms with Gasteiger partial charge < -0.3 is 19.3 Å². The van der Waals surface area contributed by atoms with Crippen molar-refractivity contribution < 1.29 is 19.1 Å². The van der Waals surface area contributed by atoms with Crippen LogP contribution in [-0.2, 0) is 11.5 Å². The first-order valence-corrected chi connectivity index (χ1v) is 19.5. The molecule has 8 nitrogen and oxygen atoms in total. The standard InChI is InChI=1S/C42H42N4O4S2/c1-5-45(6-2)41(47)49-39-33(51-27-29-17-11-9-12-18-29)25-31-21-15-23-43-37(31)35(39)36-38-32(22-16-24-44-38)26-34(52-28-30-19-13-10-14-20-30)40(36)50-42(48)46(7-3)8-4/h9-26H,5-8,27-28H2,1-4H3. The maximum atomic E-state index is 13.9. The number of thioether (sulfide) groups is 2. The molecule has 0 radical (unpaired) electrons. The molecule has 0 atom stereocenters. The fraction of sp³-hybridized carbons (Fsp3) is 0.238. The fourth-order valence-corrected chi connectivity index (χ4v) is 7.98. The maximum Gasteiger partial charge on any atom is 0.415 e. The minimum Gasteiger partial charge on any atom is -0.408 e. The van der Waals surface area contributed by atoms with Crippen molar-refractivity contribution in [2.45, 2.75) is 49.0 Å². The number of amides is 2. The third-order valence-electron chi connectivity index (χ3n) is 8.77. The van der Waals surface area contributed by atoms with Crippen molar-refractivity contribution in [3.8, 4) is 22.6 Å². The highest BCUT2D eigenvalue weighted by Gasteiger charge is 2.30. The zero-order chi connectivity index (χ0) is 36.5. The van der Waals surface area contributed by atoms with E-state index in [-0.39, 0.29) is 0 Å². The summed E-state index contributed by atoms with van der Waals surface area (Å²) < 4.78 is 13.0. The van der Waals surface area contributed by atoms with Crippen molar-refractivity contribution in [2.75, 3.05) is 26.2 Å². The molecule has 0 bridgehead atoms. The summed E-state index contributed by atoms with van der Waals surface area (Å²) in [6, 6.07) is 32.2. The lowest BCUT2D eigenvalue weighted by molar-refractivity contribution is 0.155. The number of pyridine rings is 2. The Morgan fingerprint density at radius 1 is 0.558 bits per heavy atom. The molecule has 0 fully saturated rings. The number of carbonyl (C=O) groups is 2. The van der Waals surface area contributed by atoms with Crippen molar-refractivity contribution in [3.63, 3.8) is 0 Å². The highest BCUT2D eigenvalue weighted by Crippen LogP contribution is 2.52. The Morgan fingerprint density at radius 2 is 0.942 bits per heavy atom. The minimum atomic E-state index is -0.475. The van der Waals surface area contributed by atoms with E-state index in [9.17, 15) is 9.59 Å². The topological polar surface area (TPSA) is 84.9 Å². The first-order chi connectivity index (χ1) is 25.4. The highest BCUT2D eigenvalue weighted by molar-refractivity contribution is 7.99. The van der Waals surface area contributed by atoms with Crippen molar-refractivity contribution in [1.29, 1.82) is 0 Å². The fourth-order valence-electron chi connectivity index (χ4n) is 5.98. The van der Waals surface area contributed by atoms with E-state index < -0.39 is 12.2 Å². The lowest BCUT2D eigenvalue weighted by Gasteiger charge is -2.25. The average molecular weight is 731 g/mol. The van der Waals surface area contributed by atoms with Crippen LogP contribution in [0.5, 0.6) is 11.5 Å². The molecule has 0 unspecified atom stereocenters. The smallest absolute Gasteiger partial charge is 0.408 e. The van der Waals surface area contributed by atoms with Crippen molar-refractivity contribution in [1.82, 2.24) is 19.8 Å². The molecule has 266 valence electrons. The van der Waals surface area contributed by atoms with E-state index in [1.807, 2.05) is 100 Å². The van der Waals surface area contributed by atoms with Crippen LogP contribution in [0.25, 0.3) is 32.9 Å². The van der Waals surface area contributed by atoms with Crippen LogP contribution in [0.2, 0.25) is 0 Å². The molecule has 6 rings (SSSR count). The molecule has 0 aliphatic carbocycles. The van der Waals surface area contributed by atoms with E-state index in [4.69, 9.17) is 19.4 Å². The van der Waals surface area contributed by atoms with E-state index in [2.05, 4.69) is 24.3 Å². The summed E-state index contributed by atoms with van der Waals surface area (Å²) in [4.78, 5) is 42.4. The molecule has 0 saturated heterocycles. The van der Waals surface area contributed by atoms with Gasteiger partial charge >= 0.3 is 12.2 Å². The van der Waals surface area contributed by atoms with Gasteiger partial charge in [-0.15, -0.1) is 23.5 Å². The van der Waals surface area contributed by atoms with Gasteiger partial charge in [0.1, 0.15) is 0 Å². The Bertz CT molecular complexity index is 2000. The second kappa shape index (κ2) is 17.4. The molecular formula is C42H42N4O4S2. The van der Waals surface area contributed by atoms with Crippen molar-refractivity contribution in [3.05, 3.63) is 121 Å². The number of aromatic nitrogens is 2. The van der Waals surface area contributed by atoms with E-state index >= 15 is 0 Å². The first-order valence-electron chi connectivity index (χ1n) is 17.6.